The van der Waals surface area contributed by atoms with Gasteiger partial charge in [-0.2, -0.15) is 0 Å². The van der Waals surface area contributed by atoms with Crippen molar-refractivity contribution in [3.05, 3.63) is 84.6 Å². The lowest BCUT2D eigenvalue weighted by Gasteiger charge is -2.15. The number of carbonyl (C=O) groups is 1. The van der Waals surface area contributed by atoms with E-state index in [1.165, 1.54) is 6.92 Å². The van der Waals surface area contributed by atoms with E-state index in [9.17, 15) is 4.79 Å². The van der Waals surface area contributed by atoms with E-state index in [0.717, 1.165) is 23.7 Å². The number of amides is 1. The van der Waals surface area contributed by atoms with Gasteiger partial charge >= 0.3 is 0 Å². The number of hydrogen-bond donors (Lipinski definition) is 0. The predicted octanol–water partition coefficient (Wildman–Crippen LogP) is 4.47. The Labute approximate surface area is 147 Å². The molecule has 4 nitrogen and oxygen atoms in total. The van der Waals surface area contributed by atoms with E-state index in [1.807, 2.05) is 54.6 Å². The number of benzene rings is 2. The van der Waals surface area contributed by atoms with Gasteiger partial charge in [-0.15, -0.1) is 0 Å². The molecule has 1 aliphatic rings. The topological polar surface area (TPSA) is 32.8 Å². The van der Waals surface area contributed by atoms with Crippen LogP contribution in [-0.4, -0.2) is 12.5 Å². The molecule has 0 bridgehead atoms. The van der Waals surface area contributed by atoms with Crippen molar-refractivity contribution in [2.75, 3.05) is 16.3 Å². The fourth-order valence-electron chi connectivity index (χ4n) is 2.67. The molecule has 0 saturated carbocycles. The SMILES string of the molecule is CCN1C(=C=CC=CN(C(C)=O)c2ccccc2)Oc2ccccc21. The molecule has 2 aromatic rings. The number of anilines is 2. The summed E-state index contributed by atoms with van der Waals surface area (Å²) in [6, 6.07) is 17.4. The Bertz CT molecular complexity index is 849. The Morgan fingerprint density at radius 3 is 2.60 bits per heavy atom. The van der Waals surface area contributed by atoms with Crippen molar-refractivity contribution in [1.29, 1.82) is 0 Å². The summed E-state index contributed by atoms with van der Waals surface area (Å²) in [6.45, 7) is 4.39. The van der Waals surface area contributed by atoms with Crippen LogP contribution in [0.5, 0.6) is 5.75 Å². The number of fused-ring (bicyclic) bond motifs is 1. The van der Waals surface area contributed by atoms with Crippen molar-refractivity contribution >= 4 is 17.3 Å². The fraction of sp³-hybridized carbons (Fsp3) is 0.143. The number of rotatable bonds is 4. The van der Waals surface area contributed by atoms with Crippen LogP contribution in [0.2, 0.25) is 0 Å². The summed E-state index contributed by atoms with van der Waals surface area (Å²) in [4.78, 5) is 15.5. The third-order valence-corrected chi connectivity index (χ3v) is 3.84. The third-order valence-electron chi connectivity index (χ3n) is 3.84. The van der Waals surface area contributed by atoms with Crippen LogP contribution in [0.15, 0.2) is 84.6 Å². The molecule has 0 saturated heterocycles. The molecular weight excluding hydrogens is 312 g/mol. The van der Waals surface area contributed by atoms with E-state index in [2.05, 4.69) is 17.6 Å². The summed E-state index contributed by atoms with van der Waals surface area (Å²) in [5, 5.41) is 0. The summed E-state index contributed by atoms with van der Waals surface area (Å²) in [6.07, 6.45) is 5.26. The molecule has 0 spiro atoms. The van der Waals surface area contributed by atoms with Crippen LogP contribution >= 0.6 is 0 Å². The highest BCUT2D eigenvalue weighted by atomic mass is 16.5. The lowest BCUT2D eigenvalue weighted by atomic mass is 10.3. The van der Waals surface area contributed by atoms with Crippen LogP contribution in [0.1, 0.15) is 13.8 Å². The molecule has 0 aromatic heterocycles. The van der Waals surface area contributed by atoms with E-state index >= 15 is 0 Å². The van der Waals surface area contributed by atoms with Gasteiger partial charge in [0.05, 0.1) is 5.69 Å². The fourth-order valence-corrected chi connectivity index (χ4v) is 2.67. The number of nitrogens with zero attached hydrogens (tertiary/aromatic N) is 2. The number of allylic oxidation sites excluding steroid dienone is 2. The normalized spacial score (nSPS) is 12.6. The van der Waals surface area contributed by atoms with Gasteiger partial charge in [0.25, 0.3) is 0 Å². The summed E-state index contributed by atoms with van der Waals surface area (Å²) < 4.78 is 5.84. The first kappa shape index (κ1) is 16.6. The minimum absolute atomic E-state index is 0.0526. The summed E-state index contributed by atoms with van der Waals surface area (Å²) >= 11 is 0. The van der Waals surface area contributed by atoms with Gasteiger partial charge in [-0.25, -0.2) is 0 Å². The number of ether oxygens (including phenoxy) is 1. The second-order valence-electron chi connectivity index (χ2n) is 5.50. The van der Waals surface area contributed by atoms with Crippen LogP contribution in [0.4, 0.5) is 11.4 Å². The first-order chi connectivity index (χ1) is 12.2. The lowest BCUT2D eigenvalue weighted by Crippen LogP contribution is -2.21. The van der Waals surface area contributed by atoms with Crippen molar-refractivity contribution in [2.24, 2.45) is 0 Å². The monoisotopic (exact) mass is 332 g/mol. The Kier molecular flexibility index (Phi) is 5.03. The van der Waals surface area contributed by atoms with E-state index in [4.69, 9.17) is 4.74 Å². The molecular formula is C21H20N2O2. The summed E-state index contributed by atoms with van der Waals surface area (Å²) in [5.74, 6) is 1.43. The van der Waals surface area contributed by atoms with Crippen LogP contribution in [0.3, 0.4) is 0 Å². The van der Waals surface area contributed by atoms with Crippen molar-refractivity contribution in [2.45, 2.75) is 13.8 Å². The van der Waals surface area contributed by atoms with Crippen LogP contribution in [-0.2, 0) is 4.79 Å². The zero-order chi connectivity index (χ0) is 17.6. The highest BCUT2D eigenvalue weighted by Crippen LogP contribution is 2.37. The molecule has 0 aliphatic carbocycles. The van der Waals surface area contributed by atoms with Crippen molar-refractivity contribution in [3.63, 3.8) is 0 Å². The molecule has 0 radical (unpaired) electrons. The molecule has 0 fully saturated rings. The Morgan fingerprint density at radius 1 is 1.16 bits per heavy atom. The van der Waals surface area contributed by atoms with E-state index in [-0.39, 0.29) is 5.91 Å². The Morgan fingerprint density at radius 2 is 1.88 bits per heavy atom. The number of hydrogen-bond acceptors (Lipinski definition) is 3. The Hall–Kier alpha value is -3.23. The van der Waals surface area contributed by atoms with Gasteiger partial charge in [-0.3, -0.25) is 9.69 Å². The average Bonchev–Trinajstić information content (AvgIpc) is 2.99. The van der Waals surface area contributed by atoms with Gasteiger partial charge in [0.15, 0.2) is 5.75 Å². The molecule has 0 unspecified atom stereocenters. The molecule has 126 valence electrons. The van der Waals surface area contributed by atoms with Crippen molar-refractivity contribution in [1.82, 2.24) is 0 Å². The van der Waals surface area contributed by atoms with E-state index in [1.54, 1.807) is 23.3 Å². The quantitative estimate of drug-likeness (QED) is 0.612. The maximum atomic E-state index is 11.8. The summed E-state index contributed by atoms with van der Waals surface area (Å²) in [7, 11) is 0. The average molecular weight is 332 g/mol. The molecule has 25 heavy (non-hydrogen) atoms. The molecule has 2 aromatic carbocycles. The molecule has 1 aliphatic heterocycles. The van der Waals surface area contributed by atoms with Gasteiger partial charge in [0.2, 0.25) is 11.8 Å². The van der Waals surface area contributed by atoms with Gasteiger partial charge < -0.3 is 9.64 Å². The standard InChI is InChI=1S/C21H20N2O2/c1-3-22-19-13-7-8-14-20(19)25-21(22)15-9-10-16-23(17(2)24)18-11-5-4-6-12-18/h4-14,16H,3H2,1-2H3. The zero-order valence-corrected chi connectivity index (χ0v) is 14.3. The minimum atomic E-state index is -0.0526. The zero-order valence-electron chi connectivity index (χ0n) is 14.3. The molecule has 3 rings (SSSR count). The minimum Gasteiger partial charge on any atom is -0.432 e. The van der Waals surface area contributed by atoms with Crippen LogP contribution in [0, 0.1) is 0 Å². The van der Waals surface area contributed by atoms with Crippen molar-refractivity contribution in [3.8, 4) is 5.75 Å². The molecule has 1 heterocycles. The Balaban J connectivity index is 1.81. The summed E-state index contributed by atoms with van der Waals surface area (Å²) in [5.41, 5.74) is 5.01. The predicted molar refractivity (Wildman–Crippen MR) is 100 cm³/mol. The van der Waals surface area contributed by atoms with Gasteiger partial charge in [0.1, 0.15) is 0 Å². The number of para-hydroxylation sites is 3. The molecule has 1 amide bonds. The molecule has 4 heteroatoms. The second-order valence-corrected chi connectivity index (χ2v) is 5.50. The van der Waals surface area contributed by atoms with Gasteiger partial charge in [-0.1, -0.05) is 36.1 Å². The smallest absolute Gasteiger partial charge is 0.246 e. The van der Waals surface area contributed by atoms with Crippen LogP contribution < -0.4 is 14.5 Å². The first-order valence-electron chi connectivity index (χ1n) is 8.23. The first-order valence-corrected chi connectivity index (χ1v) is 8.23. The highest BCUT2D eigenvalue weighted by molar-refractivity contribution is 5.93. The molecule has 0 N–H and O–H groups in total. The largest absolute Gasteiger partial charge is 0.432 e. The lowest BCUT2D eigenvalue weighted by molar-refractivity contribution is -0.116. The molecule has 0 atom stereocenters. The van der Waals surface area contributed by atoms with E-state index < -0.39 is 0 Å². The second kappa shape index (κ2) is 7.56. The van der Waals surface area contributed by atoms with Crippen LogP contribution in [0.25, 0.3) is 0 Å². The van der Waals surface area contributed by atoms with E-state index in [0.29, 0.717) is 5.88 Å². The highest BCUT2D eigenvalue weighted by Gasteiger charge is 2.23. The third kappa shape index (κ3) is 3.65. The van der Waals surface area contributed by atoms with Gasteiger partial charge in [0, 0.05) is 25.4 Å². The van der Waals surface area contributed by atoms with Crippen molar-refractivity contribution < 1.29 is 9.53 Å². The maximum absolute atomic E-state index is 11.8. The van der Waals surface area contributed by atoms with Gasteiger partial charge in [-0.05, 0) is 43.3 Å². The number of carbonyl (C=O) groups excluding carboxylic acids is 1. The maximum Gasteiger partial charge on any atom is 0.246 e.